The van der Waals surface area contributed by atoms with E-state index in [-0.39, 0.29) is 17.9 Å². The lowest BCUT2D eigenvalue weighted by molar-refractivity contribution is 0.0517. The molecule has 1 amide bonds. The van der Waals surface area contributed by atoms with Crippen LogP contribution in [-0.2, 0) is 0 Å². The van der Waals surface area contributed by atoms with Crippen molar-refractivity contribution in [2.75, 3.05) is 13.1 Å². The molecule has 1 atom stereocenters. The zero-order valence-electron chi connectivity index (χ0n) is 13.9. The van der Waals surface area contributed by atoms with E-state index in [1.54, 1.807) is 6.07 Å². The standard InChI is InChI=1S/C18H22ClN3O2/c1-11-16(18(24)22-8-6-13(7-9-22)12(2)23)21-17(20-11)14-4-3-5-15(19)10-14/h3-5,10,12-13,23H,6-9H2,1-2H3,(H,20,21). The summed E-state index contributed by atoms with van der Waals surface area (Å²) < 4.78 is 0. The Labute approximate surface area is 146 Å². The minimum atomic E-state index is -0.316. The minimum absolute atomic E-state index is 0.0546. The number of hydrogen-bond donors (Lipinski definition) is 2. The van der Waals surface area contributed by atoms with Gasteiger partial charge in [0.05, 0.1) is 6.10 Å². The molecule has 0 aliphatic carbocycles. The van der Waals surface area contributed by atoms with Crippen LogP contribution >= 0.6 is 11.6 Å². The van der Waals surface area contributed by atoms with Crippen molar-refractivity contribution < 1.29 is 9.90 Å². The molecule has 0 spiro atoms. The van der Waals surface area contributed by atoms with Gasteiger partial charge in [0, 0.05) is 29.4 Å². The first-order valence-electron chi connectivity index (χ1n) is 8.25. The third-order valence-corrected chi connectivity index (χ3v) is 4.93. The van der Waals surface area contributed by atoms with Crippen LogP contribution in [0.3, 0.4) is 0 Å². The fraction of sp³-hybridized carbons (Fsp3) is 0.444. The number of halogens is 1. The van der Waals surface area contributed by atoms with Gasteiger partial charge >= 0.3 is 0 Å². The molecule has 2 heterocycles. The van der Waals surface area contributed by atoms with Crippen LogP contribution in [0.1, 0.15) is 35.9 Å². The van der Waals surface area contributed by atoms with Gasteiger partial charge in [0.2, 0.25) is 0 Å². The van der Waals surface area contributed by atoms with Crippen molar-refractivity contribution in [3.8, 4) is 11.4 Å². The molecule has 1 aliphatic rings. The quantitative estimate of drug-likeness (QED) is 0.895. The number of nitrogens with zero attached hydrogens (tertiary/aromatic N) is 2. The van der Waals surface area contributed by atoms with Crippen molar-refractivity contribution in [3.05, 3.63) is 40.7 Å². The first-order valence-corrected chi connectivity index (χ1v) is 8.63. The number of rotatable bonds is 3. The lowest BCUT2D eigenvalue weighted by Crippen LogP contribution is -2.41. The van der Waals surface area contributed by atoms with Gasteiger partial charge in [-0.2, -0.15) is 0 Å². The van der Waals surface area contributed by atoms with E-state index in [2.05, 4.69) is 9.97 Å². The Hall–Kier alpha value is -1.85. The van der Waals surface area contributed by atoms with Gasteiger partial charge in [0.15, 0.2) is 0 Å². The van der Waals surface area contributed by atoms with E-state index < -0.39 is 0 Å². The Balaban J connectivity index is 1.77. The molecule has 3 rings (SSSR count). The van der Waals surface area contributed by atoms with Gasteiger partial charge in [0.1, 0.15) is 11.5 Å². The summed E-state index contributed by atoms with van der Waals surface area (Å²) in [5, 5.41) is 10.3. The first-order chi connectivity index (χ1) is 11.5. The second kappa shape index (κ2) is 6.95. The second-order valence-corrected chi connectivity index (χ2v) is 6.88. The lowest BCUT2D eigenvalue weighted by Gasteiger charge is -2.33. The number of aromatic nitrogens is 2. The Morgan fingerprint density at radius 3 is 2.75 bits per heavy atom. The van der Waals surface area contributed by atoms with Gasteiger partial charge in [-0.15, -0.1) is 0 Å². The molecule has 1 aromatic carbocycles. The molecule has 1 fully saturated rings. The number of benzene rings is 1. The molecular formula is C18H22ClN3O2. The molecule has 128 valence electrons. The molecule has 24 heavy (non-hydrogen) atoms. The zero-order valence-corrected chi connectivity index (χ0v) is 14.7. The third-order valence-electron chi connectivity index (χ3n) is 4.69. The van der Waals surface area contributed by atoms with E-state index in [9.17, 15) is 9.90 Å². The summed E-state index contributed by atoms with van der Waals surface area (Å²) in [4.78, 5) is 22.3. The van der Waals surface area contributed by atoms with Gasteiger partial charge in [-0.25, -0.2) is 4.98 Å². The van der Waals surface area contributed by atoms with E-state index in [4.69, 9.17) is 11.6 Å². The monoisotopic (exact) mass is 347 g/mol. The number of aromatic amines is 1. The highest BCUT2D eigenvalue weighted by Gasteiger charge is 2.28. The van der Waals surface area contributed by atoms with Crippen molar-refractivity contribution in [2.45, 2.75) is 32.8 Å². The van der Waals surface area contributed by atoms with Crippen molar-refractivity contribution in [1.29, 1.82) is 0 Å². The number of aliphatic hydroxyl groups is 1. The summed E-state index contributed by atoms with van der Waals surface area (Å²) in [5.41, 5.74) is 2.07. The topological polar surface area (TPSA) is 69.2 Å². The SMILES string of the molecule is Cc1[nH]c(-c2cccc(Cl)c2)nc1C(=O)N1CCC(C(C)O)CC1. The van der Waals surface area contributed by atoms with Crippen molar-refractivity contribution in [3.63, 3.8) is 0 Å². The number of imidazole rings is 1. The number of piperidine rings is 1. The number of amides is 1. The van der Waals surface area contributed by atoms with Crippen molar-refractivity contribution >= 4 is 17.5 Å². The number of hydrogen-bond acceptors (Lipinski definition) is 3. The summed E-state index contributed by atoms with van der Waals surface area (Å²) in [7, 11) is 0. The normalized spacial score (nSPS) is 17.1. The van der Waals surface area contributed by atoms with Gasteiger partial charge in [-0.3, -0.25) is 4.79 Å². The van der Waals surface area contributed by atoms with Gasteiger partial charge in [-0.1, -0.05) is 23.7 Å². The largest absolute Gasteiger partial charge is 0.393 e. The van der Waals surface area contributed by atoms with Gasteiger partial charge in [0.25, 0.3) is 5.91 Å². The Bertz CT molecular complexity index is 734. The maximum Gasteiger partial charge on any atom is 0.274 e. The summed E-state index contributed by atoms with van der Waals surface area (Å²) in [5.74, 6) is 0.870. The van der Waals surface area contributed by atoms with E-state index in [0.29, 0.717) is 29.6 Å². The summed E-state index contributed by atoms with van der Waals surface area (Å²) in [6.45, 7) is 4.99. The van der Waals surface area contributed by atoms with Gasteiger partial charge in [-0.05, 0) is 44.7 Å². The fourth-order valence-electron chi connectivity index (χ4n) is 3.18. The number of carbonyl (C=O) groups excluding carboxylic acids is 1. The van der Waals surface area contributed by atoms with Crippen LogP contribution in [0.5, 0.6) is 0 Å². The average Bonchev–Trinajstić information content (AvgIpc) is 2.96. The van der Waals surface area contributed by atoms with Crippen LogP contribution in [0, 0.1) is 12.8 Å². The van der Waals surface area contributed by atoms with Crippen molar-refractivity contribution in [1.82, 2.24) is 14.9 Å². The third kappa shape index (κ3) is 3.47. The summed E-state index contributed by atoms with van der Waals surface area (Å²) in [6, 6.07) is 7.39. The van der Waals surface area contributed by atoms with Gasteiger partial charge < -0.3 is 15.0 Å². The minimum Gasteiger partial charge on any atom is -0.393 e. The van der Waals surface area contributed by atoms with Crippen LogP contribution in [-0.4, -0.2) is 45.1 Å². The Morgan fingerprint density at radius 2 is 2.12 bits per heavy atom. The second-order valence-electron chi connectivity index (χ2n) is 6.44. The molecule has 1 aromatic heterocycles. The van der Waals surface area contributed by atoms with E-state index in [1.165, 1.54) is 0 Å². The van der Waals surface area contributed by atoms with E-state index >= 15 is 0 Å². The van der Waals surface area contributed by atoms with Crippen LogP contribution in [0.25, 0.3) is 11.4 Å². The lowest BCUT2D eigenvalue weighted by atomic mass is 9.92. The number of aliphatic hydroxyl groups excluding tert-OH is 1. The molecule has 5 nitrogen and oxygen atoms in total. The number of carbonyl (C=O) groups is 1. The molecule has 0 saturated carbocycles. The molecule has 2 N–H and O–H groups in total. The van der Waals surface area contributed by atoms with E-state index in [1.807, 2.05) is 36.9 Å². The highest BCUT2D eigenvalue weighted by atomic mass is 35.5. The predicted molar refractivity (Wildman–Crippen MR) is 94.1 cm³/mol. The molecule has 1 aliphatic heterocycles. The number of nitrogens with one attached hydrogen (secondary N) is 1. The molecular weight excluding hydrogens is 326 g/mol. The number of aryl methyl sites for hydroxylation is 1. The average molecular weight is 348 g/mol. The van der Waals surface area contributed by atoms with Crippen LogP contribution in [0.2, 0.25) is 5.02 Å². The summed E-state index contributed by atoms with van der Waals surface area (Å²) >= 11 is 6.03. The summed E-state index contributed by atoms with van der Waals surface area (Å²) in [6.07, 6.45) is 1.34. The van der Waals surface area contributed by atoms with E-state index in [0.717, 1.165) is 24.1 Å². The fourth-order valence-corrected chi connectivity index (χ4v) is 3.37. The number of likely N-dealkylation sites (tertiary alicyclic amines) is 1. The highest BCUT2D eigenvalue weighted by Crippen LogP contribution is 2.25. The molecule has 6 heteroatoms. The molecule has 1 saturated heterocycles. The Kier molecular flexibility index (Phi) is 4.92. The zero-order chi connectivity index (χ0) is 17.3. The molecule has 0 bridgehead atoms. The predicted octanol–water partition coefficient (Wildman–Crippen LogP) is 3.27. The van der Waals surface area contributed by atoms with Crippen LogP contribution in [0.15, 0.2) is 24.3 Å². The first kappa shape index (κ1) is 17.0. The maximum atomic E-state index is 12.8. The smallest absolute Gasteiger partial charge is 0.274 e. The maximum absolute atomic E-state index is 12.8. The number of H-pyrrole nitrogens is 1. The Morgan fingerprint density at radius 1 is 1.42 bits per heavy atom. The highest BCUT2D eigenvalue weighted by molar-refractivity contribution is 6.30. The molecule has 2 aromatic rings. The molecule has 0 radical (unpaired) electrons. The van der Waals surface area contributed by atoms with Crippen molar-refractivity contribution in [2.24, 2.45) is 5.92 Å². The van der Waals surface area contributed by atoms with Crippen LogP contribution in [0.4, 0.5) is 0 Å². The van der Waals surface area contributed by atoms with Crippen LogP contribution < -0.4 is 0 Å². The molecule has 1 unspecified atom stereocenters.